The topological polar surface area (TPSA) is 57.5 Å². The van der Waals surface area contributed by atoms with Crippen molar-refractivity contribution in [2.75, 3.05) is 13.2 Å². The minimum Gasteiger partial charge on any atom is -0.462 e. The first-order valence-corrected chi connectivity index (χ1v) is 16.4. The van der Waals surface area contributed by atoms with Gasteiger partial charge in [-0.1, -0.05) is 53.4 Å². The van der Waals surface area contributed by atoms with Gasteiger partial charge in [0.05, 0.1) is 35.9 Å². The van der Waals surface area contributed by atoms with Gasteiger partial charge in [-0.2, -0.15) is 0 Å². The Morgan fingerprint density at radius 1 is 0.976 bits per heavy atom. The number of hydrogen-bond donors (Lipinski definition) is 0. The van der Waals surface area contributed by atoms with Crippen molar-refractivity contribution in [3.05, 3.63) is 80.9 Å². The number of benzene rings is 2. The van der Waals surface area contributed by atoms with E-state index in [-0.39, 0.29) is 45.8 Å². The number of carbonyl (C=O) groups excluding carboxylic acids is 1. The van der Waals surface area contributed by atoms with Crippen molar-refractivity contribution in [1.82, 2.24) is 4.57 Å². The number of aromatic nitrogens is 1. The molecule has 41 heavy (non-hydrogen) atoms. The Balaban J connectivity index is 2.28. The van der Waals surface area contributed by atoms with Crippen LogP contribution in [0.25, 0.3) is 10.9 Å². The first-order chi connectivity index (χ1) is 18.9. The second-order valence-corrected chi connectivity index (χ2v) is 17.5. The lowest BCUT2D eigenvalue weighted by Gasteiger charge is -2.40. The second kappa shape index (κ2) is 11.9. The molecule has 0 unspecified atom stereocenters. The molecular formula is C32H38F3NO4Si. The van der Waals surface area contributed by atoms with E-state index < -0.39 is 48.6 Å². The molecule has 1 aromatic heterocycles. The van der Waals surface area contributed by atoms with Crippen molar-refractivity contribution in [3.63, 3.8) is 0 Å². The standard InChI is InChI=1S/C32H38F3NO4Si/c1-10-39-30(38)24-18-36(28(31(2,3)4)19-40-41(8,9)32(5,6)7)27-17-26(35)21(15-23(27)29(24)37)12-11-20-13-14-22(33)16-25(20)34/h13-18,28H,10,19H2,1-9H3/t28-/m1/s1. The minimum atomic E-state index is -2.19. The average molecular weight is 586 g/mol. The van der Waals surface area contributed by atoms with E-state index in [2.05, 4.69) is 45.7 Å². The van der Waals surface area contributed by atoms with E-state index in [1.54, 1.807) is 11.5 Å². The van der Waals surface area contributed by atoms with E-state index in [1.165, 1.54) is 18.3 Å². The van der Waals surface area contributed by atoms with E-state index in [9.17, 15) is 18.4 Å². The van der Waals surface area contributed by atoms with Crippen LogP contribution in [0.5, 0.6) is 0 Å². The molecule has 2 aromatic carbocycles. The maximum atomic E-state index is 15.5. The molecule has 1 heterocycles. The zero-order valence-electron chi connectivity index (χ0n) is 25.2. The second-order valence-electron chi connectivity index (χ2n) is 12.7. The summed E-state index contributed by atoms with van der Waals surface area (Å²) in [4.78, 5) is 26.4. The number of esters is 1. The zero-order valence-corrected chi connectivity index (χ0v) is 26.2. The Labute approximate surface area is 240 Å². The maximum absolute atomic E-state index is 15.5. The highest BCUT2D eigenvalue weighted by molar-refractivity contribution is 6.74. The molecule has 0 aliphatic rings. The largest absolute Gasteiger partial charge is 0.462 e. The molecule has 220 valence electrons. The van der Waals surface area contributed by atoms with Gasteiger partial charge in [-0.25, -0.2) is 18.0 Å². The summed E-state index contributed by atoms with van der Waals surface area (Å²) in [6.45, 7) is 18.7. The molecular weight excluding hydrogens is 547 g/mol. The number of ether oxygens (including phenoxy) is 1. The third-order valence-corrected chi connectivity index (χ3v) is 12.1. The molecule has 0 radical (unpaired) electrons. The van der Waals surface area contributed by atoms with Gasteiger partial charge in [0, 0.05) is 17.6 Å². The molecule has 0 fully saturated rings. The molecule has 5 nitrogen and oxygen atoms in total. The van der Waals surface area contributed by atoms with Crippen LogP contribution in [0.1, 0.15) is 76.0 Å². The van der Waals surface area contributed by atoms with Crippen molar-refractivity contribution in [3.8, 4) is 11.8 Å². The molecule has 0 aliphatic heterocycles. The van der Waals surface area contributed by atoms with Gasteiger partial charge in [-0.05, 0) is 54.7 Å². The fourth-order valence-electron chi connectivity index (χ4n) is 4.06. The zero-order chi connectivity index (χ0) is 30.9. The van der Waals surface area contributed by atoms with Crippen LogP contribution in [0.15, 0.2) is 41.3 Å². The fourth-order valence-corrected chi connectivity index (χ4v) is 5.06. The van der Waals surface area contributed by atoms with Gasteiger partial charge in [0.25, 0.3) is 0 Å². The van der Waals surface area contributed by atoms with Crippen molar-refractivity contribution in [2.24, 2.45) is 5.41 Å². The van der Waals surface area contributed by atoms with Gasteiger partial charge in [0.15, 0.2) is 8.32 Å². The Bertz CT molecular complexity index is 1590. The number of pyridine rings is 1. The Morgan fingerprint density at radius 2 is 1.59 bits per heavy atom. The van der Waals surface area contributed by atoms with Gasteiger partial charge in [0.1, 0.15) is 23.0 Å². The van der Waals surface area contributed by atoms with Crippen LogP contribution < -0.4 is 5.43 Å². The SMILES string of the molecule is CCOC(=O)c1cn([C@H](CO[Si](C)(C)C(C)(C)C)C(C)(C)C)c2cc(F)c(C#Cc3ccc(F)cc3F)cc2c1=O. The van der Waals surface area contributed by atoms with E-state index in [4.69, 9.17) is 9.16 Å². The highest BCUT2D eigenvalue weighted by Crippen LogP contribution is 2.40. The first-order valence-electron chi connectivity index (χ1n) is 13.5. The van der Waals surface area contributed by atoms with E-state index >= 15 is 4.39 Å². The first kappa shape index (κ1) is 32.2. The van der Waals surface area contributed by atoms with Gasteiger partial charge in [-0.15, -0.1) is 0 Å². The van der Waals surface area contributed by atoms with Crippen LogP contribution in [-0.2, 0) is 9.16 Å². The van der Waals surface area contributed by atoms with Gasteiger partial charge >= 0.3 is 5.97 Å². The van der Waals surface area contributed by atoms with Crippen molar-refractivity contribution >= 4 is 25.2 Å². The summed E-state index contributed by atoms with van der Waals surface area (Å²) in [6.07, 6.45) is 1.42. The molecule has 0 saturated heterocycles. The average Bonchev–Trinajstić information content (AvgIpc) is 2.83. The highest BCUT2D eigenvalue weighted by Gasteiger charge is 2.39. The highest BCUT2D eigenvalue weighted by atomic mass is 28.4. The summed E-state index contributed by atoms with van der Waals surface area (Å²) in [5.74, 6) is 1.88. The molecule has 0 N–H and O–H groups in total. The Hall–Kier alpha value is -3.35. The smallest absolute Gasteiger partial charge is 0.343 e. The summed E-state index contributed by atoms with van der Waals surface area (Å²) in [6, 6.07) is 4.95. The van der Waals surface area contributed by atoms with Crippen LogP contribution in [-0.4, -0.2) is 32.1 Å². The minimum absolute atomic E-state index is 0.0547. The molecule has 3 rings (SSSR count). The van der Waals surface area contributed by atoms with Crippen LogP contribution in [0.2, 0.25) is 18.1 Å². The molecule has 0 spiro atoms. The number of rotatable bonds is 6. The number of carbonyl (C=O) groups is 1. The van der Waals surface area contributed by atoms with Crippen molar-refractivity contribution < 1.29 is 27.1 Å². The predicted octanol–water partition coefficient (Wildman–Crippen LogP) is 7.60. The van der Waals surface area contributed by atoms with E-state index in [0.717, 1.165) is 12.1 Å². The lowest BCUT2D eigenvalue weighted by molar-refractivity contribution is 0.0522. The van der Waals surface area contributed by atoms with Crippen LogP contribution >= 0.6 is 0 Å². The van der Waals surface area contributed by atoms with E-state index in [1.807, 2.05) is 20.8 Å². The molecule has 0 saturated carbocycles. The molecule has 0 amide bonds. The van der Waals surface area contributed by atoms with Gasteiger partial charge in [0.2, 0.25) is 5.43 Å². The predicted molar refractivity (Wildman–Crippen MR) is 158 cm³/mol. The lowest BCUT2D eigenvalue weighted by Crippen LogP contribution is -2.43. The summed E-state index contributed by atoms with van der Waals surface area (Å²) >= 11 is 0. The summed E-state index contributed by atoms with van der Waals surface area (Å²) in [5, 5.41) is 0.00304. The van der Waals surface area contributed by atoms with Crippen LogP contribution in [0.3, 0.4) is 0 Å². The molecule has 0 bridgehead atoms. The quantitative estimate of drug-likeness (QED) is 0.170. The summed E-state index contributed by atoms with van der Waals surface area (Å²) < 4.78 is 56.3. The van der Waals surface area contributed by atoms with Crippen LogP contribution in [0.4, 0.5) is 13.2 Å². The molecule has 1 atom stereocenters. The molecule has 0 aliphatic carbocycles. The number of hydrogen-bond acceptors (Lipinski definition) is 4. The monoisotopic (exact) mass is 585 g/mol. The summed E-state index contributed by atoms with van der Waals surface area (Å²) in [7, 11) is -2.19. The summed E-state index contributed by atoms with van der Waals surface area (Å²) in [5.41, 5.74) is -1.29. The maximum Gasteiger partial charge on any atom is 0.343 e. The number of nitrogens with zero attached hydrogens (tertiary/aromatic N) is 1. The normalized spacial score (nSPS) is 13.1. The third-order valence-electron chi connectivity index (χ3n) is 7.62. The Morgan fingerprint density at radius 3 is 2.15 bits per heavy atom. The van der Waals surface area contributed by atoms with Gasteiger partial charge in [-0.3, -0.25) is 4.79 Å². The fraction of sp³-hybridized carbons (Fsp3) is 0.438. The third kappa shape index (κ3) is 7.11. The molecule has 3 aromatic rings. The lowest BCUT2D eigenvalue weighted by atomic mass is 9.86. The Kier molecular flexibility index (Phi) is 9.31. The number of halogens is 3. The van der Waals surface area contributed by atoms with Gasteiger partial charge < -0.3 is 13.7 Å². The molecule has 9 heteroatoms. The van der Waals surface area contributed by atoms with Crippen molar-refractivity contribution in [2.45, 2.75) is 72.6 Å². The van der Waals surface area contributed by atoms with Crippen LogP contribution in [0, 0.1) is 34.7 Å². The number of fused-ring (bicyclic) bond motifs is 1. The van der Waals surface area contributed by atoms with Crippen molar-refractivity contribution in [1.29, 1.82) is 0 Å². The van der Waals surface area contributed by atoms with E-state index in [0.29, 0.717) is 6.07 Å².